The van der Waals surface area contributed by atoms with Gasteiger partial charge in [-0.1, -0.05) is 35.9 Å². The number of hydrogen-bond donors (Lipinski definition) is 2. The monoisotopic (exact) mass is 476 g/mol. The van der Waals surface area contributed by atoms with Crippen molar-refractivity contribution in [3.05, 3.63) is 69.4 Å². The lowest BCUT2D eigenvalue weighted by Crippen LogP contribution is -2.49. The number of carbonyl (C=O) groups is 2. The molecule has 8 heteroatoms. The molecule has 1 heterocycles. The van der Waals surface area contributed by atoms with Crippen LogP contribution < -0.4 is 10.1 Å². The van der Waals surface area contributed by atoms with Gasteiger partial charge in [0.2, 0.25) is 0 Å². The van der Waals surface area contributed by atoms with Crippen LogP contribution in [0.4, 0.5) is 0 Å². The Morgan fingerprint density at radius 3 is 2.55 bits per heavy atom. The quantitative estimate of drug-likeness (QED) is 0.531. The van der Waals surface area contributed by atoms with Crippen LogP contribution in [0.2, 0.25) is 5.02 Å². The summed E-state index contributed by atoms with van der Waals surface area (Å²) in [4.78, 5) is 28.4. The standard InChI is InChI=1S/C21H18BrClN2O4/c1-21(2,20(27)28)25-19(26)16-8-17(23)14-5-3-4-6-15(14)18(16)29-11-12-7-13(22)10-24-9-12/h3-10H,11H2,1-2H3,(H,25,26)(H,27,28). The highest BCUT2D eigenvalue weighted by molar-refractivity contribution is 9.10. The van der Waals surface area contributed by atoms with Crippen molar-refractivity contribution in [2.75, 3.05) is 0 Å². The largest absolute Gasteiger partial charge is 0.487 e. The second-order valence-corrected chi connectivity index (χ2v) is 8.29. The summed E-state index contributed by atoms with van der Waals surface area (Å²) in [5.74, 6) is -1.42. The van der Waals surface area contributed by atoms with E-state index in [9.17, 15) is 14.7 Å². The van der Waals surface area contributed by atoms with E-state index in [0.717, 1.165) is 15.4 Å². The molecule has 6 nitrogen and oxygen atoms in total. The average Bonchev–Trinajstić information content (AvgIpc) is 2.67. The van der Waals surface area contributed by atoms with Gasteiger partial charge in [-0.25, -0.2) is 4.79 Å². The first-order valence-corrected chi connectivity index (χ1v) is 9.85. The number of rotatable bonds is 6. The van der Waals surface area contributed by atoms with Crippen LogP contribution in [-0.4, -0.2) is 27.5 Å². The van der Waals surface area contributed by atoms with E-state index in [1.807, 2.05) is 24.3 Å². The van der Waals surface area contributed by atoms with Gasteiger partial charge in [-0.3, -0.25) is 9.78 Å². The molecule has 1 aromatic heterocycles. The van der Waals surface area contributed by atoms with E-state index in [0.29, 0.717) is 16.2 Å². The molecule has 1 amide bonds. The molecular formula is C21H18BrClN2O4. The number of benzene rings is 2. The lowest BCUT2D eigenvalue weighted by molar-refractivity contribution is -0.143. The van der Waals surface area contributed by atoms with Gasteiger partial charge in [0.15, 0.2) is 0 Å². The number of pyridine rings is 1. The van der Waals surface area contributed by atoms with Crippen LogP contribution in [0, 0.1) is 0 Å². The number of aliphatic carboxylic acids is 1. The third-order valence-corrected chi connectivity index (χ3v) is 5.04. The molecule has 0 aliphatic carbocycles. The third kappa shape index (κ3) is 4.68. The van der Waals surface area contributed by atoms with Crippen molar-refractivity contribution in [3.63, 3.8) is 0 Å². The Bertz CT molecular complexity index is 1100. The normalized spacial score (nSPS) is 11.3. The highest BCUT2D eigenvalue weighted by atomic mass is 79.9. The molecular weight excluding hydrogens is 460 g/mol. The van der Waals surface area contributed by atoms with E-state index >= 15 is 0 Å². The molecule has 0 saturated carbocycles. The van der Waals surface area contributed by atoms with Crippen LogP contribution in [0.5, 0.6) is 5.75 Å². The maximum atomic E-state index is 12.9. The Balaban J connectivity index is 2.05. The summed E-state index contributed by atoms with van der Waals surface area (Å²) in [6.07, 6.45) is 3.32. The second kappa shape index (κ2) is 8.39. The van der Waals surface area contributed by atoms with Gasteiger partial charge in [0.05, 0.1) is 5.56 Å². The SMILES string of the molecule is CC(C)(NC(=O)c1cc(Cl)c2ccccc2c1OCc1cncc(Br)c1)C(=O)O. The number of amides is 1. The fraction of sp³-hybridized carbons (Fsp3) is 0.190. The van der Waals surface area contributed by atoms with E-state index < -0.39 is 17.4 Å². The molecule has 2 aromatic carbocycles. The zero-order valence-electron chi connectivity index (χ0n) is 15.7. The summed E-state index contributed by atoms with van der Waals surface area (Å²) < 4.78 is 6.82. The fourth-order valence-electron chi connectivity index (χ4n) is 2.72. The number of carboxylic acids is 1. The molecule has 0 bridgehead atoms. The Morgan fingerprint density at radius 1 is 1.21 bits per heavy atom. The Morgan fingerprint density at radius 2 is 1.90 bits per heavy atom. The summed E-state index contributed by atoms with van der Waals surface area (Å²) >= 11 is 9.75. The topological polar surface area (TPSA) is 88.5 Å². The van der Waals surface area contributed by atoms with Gasteiger partial charge in [0.25, 0.3) is 5.91 Å². The van der Waals surface area contributed by atoms with Gasteiger partial charge < -0.3 is 15.2 Å². The molecule has 0 fully saturated rings. The Kier molecular flexibility index (Phi) is 6.10. The van der Waals surface area contributed by atoms with Gasteiger partial charge in [-0.2, -0.15) is 0 Å². The zero-order valence-corrected chi connectivity index (χ0v) is 18.0. The van der Waals surface area contributed by atoms with Crippen molar-refractivity contribution in [3.8, 4) is 5.75 Å². The van der Waals surface area contributed by atoms with Crippen molar-refractivity contribution >= 4 is 50.2 Å². The predicted octanol–water partition coefficient (Wildman–Crippen LogP) is 4.82. The molecule has 0 atom stereocenters. The van der Waals surface area contributed by atoms with E-state index in [-0.39, 0.29) is 12.2 Å². The highest BCUT2D eigenvalue weighted by Crippen LogP contribution is 2.36. The van der Waals surface area contributed by atoms with E-state index in [4.69, 9.17) is 16.3 Å². The van der Waals surface area contributed by atoms with E-state index in [2.05, 4.69) is 26.2 Å². The summed E-state index contributed by atoms with van der Waals surface area (Å²) in [5.41, 5.74) is -0.498. The van der Waals surface area contributed by atoms with Crippen LogP contribution in [0.15, 0.2) is 53.3 Å². The average molecular weight is 478 g/mol. The lowest BCUT2D eigenvalue weighted by atomic mass is 10.0. The number of aromatic nitrogens is 1. The molecule has 0 aliphatic heterocycles. The van der Waals surface area contributed by atoms with Crippen LogP contribution in [-0.2, 0) is 11.4 Å². The van der Waals surface area contributed by atoms with Crippen molar-refractivity contribution in [2.45, 2.75) is 26.0 Å². The number of nitrogens with zero attached hydrogens (tertiary/aromatic N) is 1. The van der Waals surface area contributed by atoms with Gasteiger partial charge in [0, 0.05) is 38.2 Å². The summed E-state index contributed by atoms with van der Waals surface area (Å²) in [5, 5.41) is 13.6. The molecule has 0 saturated heterocycles. The summed E-state index contributed by atoms with van der Waals surface area (Å²) in [6.45, 7) is 2.98. The Labute approximate surface area is 181 Å². The molecule has 2 N–H and O–H groups in total. The van der Waals surface area contributed by atoms with Crippen LogP contribution in [0.3, 0.4) is 0 Å². The molecule has 3 rings (SSSR count). The van der Waals surface area contributed by atoms with Gasteiger partial charge in [-0.05, 0) is 41.9 Å². The van der Waals surface area contributed by atoms with Crippen LogP contribution in [0.25, 0.3) is 10.8 Å². The van der Waals surface area contributed by atoms with Crippen LogP contribution in [0.1, 0.15) is 29.8 Å². The lowest BCUT2D eigenvalue weighted by Gasteiger charge is -2.22. The third-order valence-electron chi connectivity index (χ3n) is 4.29. The minimum Gasteiger partial charge on any atom is -0.487 e. The molecule has 3 aromatic rings. The van der Waals surface area contributed by atoms with E-state index in [1.54, 1.807) is 18.5 Å². The number of fused-ring (bicyclic) bond motifs is 1. The van der Waals surface area contributed by atoms with Crippen LogP contribution >= 0.6 is 27.5 Å². The second-order valence-electron chi connectivity index (χ2n) is 6.97. The summed E-state index contributed by atoms with van der Waals surface area (Å²) in [7, 11) is 0. The predicted molar refractivity (Wildman–Crippen MR) is 114 cm³/mol. The van der Waals surface area contributed by atoms with Gasteiger partial charge >= 0.3 is 5.97 Å². The first-order valence-electron chi connectivity index (χ1n) is 8.68. The number of ether oxygens (including phenoxy) is 1. The maximum absolute atomic E-state index is 12.9. The molecule has 0 radical (unpaired) electrons. The number of hydrogen-bond acceptors (Lipinski definition) is 4. The smallest absolute Gasteiger partial charge is 0.328 e. The van der Waals surface area contributed by atoms with Gasteiger partial charge in [0.1, 0.15) is 17.9 Å². The van der Waals surface area contributed by atoms with Crippen molar-refractivity contribution < 1.29 is 19.4 Å². The number of carboxylic acid groups (broad SMARTS) is 1. The Hall–Kier alpha value is -2.64. The molecule has 29 heavy (non-hydrogen) atoms. The molecule has 0 spiro atoms. The maximum Gasteiger partial charge on any atom is 0.328 e. The van der Waals surface area contributed by atoms with E-state index in [1.165, 1.54) is 19.9 Å². The molecule has 0 unspecified atom stereocenters. The van der Waals surface area contributed by atoms with Crippen molar-refractivity contribution in [1.29, 1.82) is 0 Å². The van der Waals surface area contributed by atoms with Gasteiger partial charge in [-0.15, -0.1) is 0 Å². The minimum atomic E-state index is -1.46. The summed E-state index contributed by atoms with van der Waals surface area (Å²) in [6, 6.07) is 10.6. The molecule has 150 valence electrons. The highest BCUT2D eigenvalue weighted by Gasteiger charge is 2.31. The zero-order chi connectivity index (χ0) is 21.2. The first-order chi connectivity index (χ1) is 13.7. The van der Waals surface area contributed by atoms with Crippen molar-refractivity contribution in [1.82, 2.24) is 10.3 Å². The molecule has 0 aliphatic rings. The number of nitrogens with one attached hydrogen (secondary N) is 1. The fourth-order valence-corrected chi connectivity index (χ4v) is 3.41. The number of halogens is 2. The van der Waals surface area contributed by atoms with Crippen molar-refractivity contribution in [2.24, 2.45) is 0 Å². The first kappa shape index (κ1) is 21.1. The number of carbonyl (C=O) groups excluding carboxylic acids is 1. The minimum absolute atomic E-state index is 0.158.